The lowest BCUT2D eigenvalue weighted by molar-refractivity contribution is 0.503. The van der Waals surface area contributed by atoms with E-state index in [0.717, 1.165) is 13.1 Å². The van der Waals surface area contributed by atoms with Crippen molar-refractivity contribution in [2.45, 2.75) is 18.8 Å². The van der Waals surface area contributed by atoms with Gasteiger partial charge in [-0.15, -0.1) is 11.3 Å². The molecule has 1 aromatic heterocycles. The summed E-state index contributed by atoms with van der Waals surface area (Å²) in [6, 6.07) is 10.7. The maximum Gasteiger partial charge on any atom is 0.101 e. The number of thiazole rings is 1. The summed E-state index contributed by atoms with van der Waals surface area (Å²) in [5, 5.41) is 3.22. The SMILES string of the molecule is [c]1csc(C2CCN(c3ccccc3)CC2)n1. The normalized spacial score (nSPS) is 17.3. The molecule has 0 saturated carbocycles. The average Bonchev–Trinajstić information content (AvgIpc) is 2.94. The van der Waals surface area contributed by atoms with Gasteiger partial charge in [0.15, 0.2) is 0 Å². The quantitative estimate of drug-likeness (QED) is 0.804. The molecular formula is C14H15N2S. The van der Waals surface area contributed by atoms with Crippen molar-refractivity contribution in [2.75, 3.05) is 18.0 Å². The molecule has 0 spiro atoms. The van der Waals surface area contributed by atoms with E-state index < -0.39 is 0 Å². The van der Waals surface area contributed by atoms with Crippen LogP contribution in [-0.2, 0) is 0 Å². The van der Waals surface area contributed by atoms with Crippen LogP contribution in [0.3, 0.4) is 0 Å². The lowest BCUT2D eigenvalue weighted by Gasteiger charge is -2.32. The summed E-state index contributed by atoms with van der Waals surface area (Å²) in [5.74, 6) is 0.645. The van der Waals surface area contributed by atoms with Crippen LogP contribution in [0.15, 0.2) is 35.7 Å². The topological polar surface area (TPSA) is 16.1 Å². The molecule has 17 heavy (non-hydrogen) atoms. The van der Waals surface area contributed by atoms with Gasteiger partial charge in [-0.3, -0.25) is 0 Å². The largest absolute Gasteiger partial charge is 0.371 e. The maximum atomic E-state index is 4.31. The molecule has 2 heterocycles. The van der Waals surface area contributed by atoms with Crippen LogP contribution in [0.1, 0.15) is 23.8 Å². The van der Waals surface area contributed by atoms with Gasteiger partial charge in [0, 0.05) is 30.1 Å². The molecule has 2 aromatic rings. The number of nitrogens with zero attached hydrogens (tertiary/aromatic N) is 2. The van der Waals surface area contributed by atoms with Gasteiger partial charge in [0.25, 0.3) is 0 Å². The number of anilines is 1. The summed E-state index contributed by atoms with van der Waals surface area (Å²) >= 11 is 1.74. The van der Waals surface area contributed by atoms with Crippen LogP contribution < -0.4 is 4.90 Å². The van der Waals surface area contributed by atoms with Crippen molar-refractivity contribution in [3.05, 3.63) is 46.9 Å². The third kappa shape index (κ3) is 2.34. The molecule has 1 radical (unpaired) electrons. The second-order valence-electron chi connectivity index (χ2n) is 4.41. The van der Waals surface area contributed by atoms with Crippen LogP contribution in [0, 0.1) is 6.20 Å². The average molecular weight is 243 g/mol. The fourth-order valence-corrected chi connectivity index (χ4v) is 3.17. The summed E-state index contributed by atoms with van der Waals surface area (Å²) in [4.78, 5) is 6.78. The molecule has 1 saturated heterocycles. The Morgan fingerprint density at radius 1 is 1.18 bits per heavy atom. The number of hydrogen-bond acceptors (Lipinski definition) is 3. The number of aromatic nitrogens is 1. The number of para-hydroxylation sites is 1. The van der Waals surface area contributed by atoms with Gasteiger partial charge < -0.3 is 4.90 Å². The van der Waals surface area contributed by atoms with Gasteiger partial charge >= 0.3 is 0 Å². The Morgan fingerprint density at radius 2 is 1.94 bits per heavy atom. The molecule has 0 unspecified atom stereocenters. The monoisotopic (exact) mass is 243 g/mol. The van der Waals surface area contributed by atoms with Gasteiger partial charge in [0.2, 0.25) is 0 Å². The lowest BCUT2D eigenvalue weighted by Crippen LogP contribution is -2.32. The molecule has 0 atom stereocenters. The Bertz CT molecular complexity index is 444. The van der Waals surface area contributed by atoms with Crippen molar-refractivity contribution in [3.8, 4) is 0 Å². The molecular weight excluding hydrogens is 228 g/mol. The van der Waals surface area contributed by atoms with Crippen molar-refractivity contribution in [1.82, 2.24) is 4.98 Å². The molecule has 2 nitrogen and oxygen atoms in total. The van der Waals surface area contributed by atoms with E-state index in [9.17, 15) is 0 Å². The van der Waals surface area contributed by atoms with Crippen molar-refractivity contribution < 1.29 is 0 Å². The minimum Gasteiger partial charge on any atom is -0.371 e. The first kappa shape index (κ1) is 10.8. The predicted octanol–water partition coefficient (Wildman–Crippen LogP) is 3.33. The fourth-order valence-electron chi connectivity index (χ4n) is 2.41. The lowest BCUT2D eigenvalue weighted by atomic mass is 9.97. The van der Waals surface area contributed by atoms with E-state index in [1.165, 1.54) is 23.5 Å². The molecule has 1 aromatic carbocycles. The number of hydrogen-bond donors (Lipinski definition) is 0. The molecule has 0 bridgehead atoms. The highest BCUT2D eigenvalue weighted by atomic mass is 32.1. The van der Waals surface area contributed by atoms with Crippen molar-refractivity contribution in [2.24, 2.45) is 0 Å². The summed E-state index contributed by atoms with van der Waals surface area (Å²) in [6.07, 6.45) is 5.33. The van der Waals surface area contributed by atoms with E-state index in [1.54, 1.807) is 11.3 Å². The van der Waals surface area contributed by atoms with Gasteiger partial charge in [-0.05, 0) is 25.0 Å². The van der Waals surface area contributed by atoms with Crippen LogP contribution >= 0.6 is 11.3 Å². The predicted molar refractivity (Wildman–Crippen MR) is 71.6 cm³/mol. The first-order chi connectivity index (χ1) is 8.43. The minimum atomic E-state index is 0.645. The van der Waals surface area contributed by atoms with Gasteiger partial charge in [0.1, 0.15) is 6.20 Å². The van der Waals surface area contributed by atoms with E-state index in [0.29, 0.717) is 5.92 Å². The van der Waals surface area contributed by atoms with Crippen molar-refractivity contribution in [3.63, 3.8) is 0 Å². The van der Waals surface area contributed by atoms with Crippen molar-refractivity contribution in [1.29, 1.82) is 0 Å². The Labute approximate surface area is 106 Å². The fraction of sp³-hybridized carbons (Fsp3) is 0.357. The second kappa shape index (κ2) is 4.88. The zero-order chi connectivity index (χ0) is 11.5. The van der Waals surface area contributed by atoms with Gasteiger partial charge in [-0.1, -0.05) is 18.2 Å². The highest BCUT2D eigenvalue weighted by Crippen LogP contribution is 2.31. The molecule has 1 aliphatic heterocycles. The van der Waals surface area contributed by atoms with Crippen LogP contribution in [0.25, 0.3) is 0 Å². The highest BCUT2D eigenvalue weighted by molar-refractivity contribution is 7.09. The first-order valence-electron chi connectivity index (χ1n) is 6.05. The Balaban J connectivity index is 1.65. The zero-order valence-corrected chi connectivity index (χ0v) is 10.5. The highest BCUT2D eigenvalue weighted by Gasteiger charge is 2.22. The van der Waals surface area contributed by atoms with E-state index in [2.05, 4.69) is 46.4 Å². The smallest absolute Gasteiger partial charge is 0.101 e. The van der Waals surface area contributed by atoms with Crippen LogP contribution in [0.5, 0.6) is 0 Å². The number of rotatable bonds is 2. The molecule has 1 aliphatic rings. The number of benzene rings is 1. The minimum absolute atomic E-state index is 0.645. The summed E-state index contributed by atoms with van der Waals surface area (Å²) in [6.45, 7) is 2.27. The zero-order valence-electron chi connectivity index (χ0n) is 9.67. The molecule has 0 amide bonds. The van der Waals surface area contributed by atoms with Crippen LogP contribution in [0.4, 0.5) is 5.69 Å². The third-order valence-corrected chi connectivity index (χ3v) is 4.26. The summed E-state index contributed by atoms with van der Waals surface area (Å²) in [5.41, 5.74) is 1.34. The Hall–Kier alpha value is -1.35. The molecule has 0 N–H and O–H groups in total. The van der Waals surface area contributed by atoms with Gasteiger partial charge in [-0.25, -0.2) is 4.98 Å². The van der Waals surface area contributed by atoms with Crippen LogP contribution in [0.2, 0.25) is 0 Å². The third-order valence-electron chi connectivity index (χ3n) is 3.37. The first-order valence-corrected chi connectivity index (χ1v) is 6.93. The summed E-state index contributed by atoms with van der Waals surface area (Å²) in [7, 11) is 0. The van der Waals surface area contributed by atoms with Crippen LogP contribution in [-0.4, -0.2) is 18.1 Å². The van der Waals surface area contributed by atoms with E-state index in [4.69, 9.17) is 0 Å². The second-order valence-corrected chi connectivity index (χ2v) is 5.30. The van der Waals surface area contributed by atoms with E-state index >= 15 is 0 Å². The Kier molecular flexibility index (Phi) is 3.10. The van der Waals surface area contributed by atoms with E-state index in [1.807, 2.05) is 5.38 Å². The molecule has 87 valence electrons. The maximum absolute atomic E-state index is 4.31. The summed E-state index contributed by atoms with van der Waals surface area (Å²) < 4.78 is 0. The molecule has 3 rings (SSSR count). The van der Waals surface area contributed by atoms with Crippen molar-refractivity contribution >= 4 is 17.0 Å². The van der Waals surface area contributed by atoms with Gasteiger partial charge in [0.05, 0.1) is 5.01 Å². The Morgan fingerprint density at radius 3 is 2.59 bits per heavy atom. The molecule has 0 aliphatic carbocycles. The standard InChI is InChI=1S/C14H15N2S/c1-2-4-13(5-3-1)16-9-6-12(7-10-16)14-15-8-11-17-14/h1-5,11-12H,6-7,9-10H2. The van der Waals surface area contributed by atoms with E-state index in [-0.39, 0.29) is 0 Å². The molecule has 3 heteroatoms. The number of piperidine rings is 1. The van der Waals surface area contributed by atoms with Gasteiger partial charge in [-0.2, -0.15) is 0 Å². The molecule has 1 fully saturated rings.